The second-order valence-corrected chi connectivity index (χ2v) is 8.41. The molecular formula is C27H20BrFN2. The van der Waals surface area contributed by atoms with Crippen LogP contribution in [-0.2, 0) is 5.54 Å². The van der Waals surface area contributed by atoms with Gasteiger partial charge in [0.15, 0.2) is 0 Å². The van der Waals surface area contributed by atoms with Crippen molar-refractivity contribution in [1.82, 2.24) is 9.78 Å². The minimum atomic E-state index is -0.716. The molecule has 31 heavy (non-hydrogen) atoms. The first-order valence-electron chi connectivity index (χ1n) is 10.1. The Morgan fingerprint density at radius 1 is 0.774 bits per heavy atom. The molecule has 5 aromatic rings. The fourth-order valence-electron chi connectivity index (χ4n) is 4.30. The molecule has 0 amide bonds. The Bertz CT molecular complexity index is 1250. The van der Waals surface area contributed by atoms with Gasteiger partial charge in [-0.25, -0.2) is 4.39 Å². The van der Waals surface area contributed by atoms with E-state index >= 15 is 0 Å². The van der Waals surface area contributed by atoms with Gasteiger partial charge >= 0.3 is 0 Å². The molecule has 0 atom stereocenters. The molecule has 4 aromatic carbocycles. The first-order chi connectivity index (χ1) is 15.1. The SMILES string of the molecule is Cc1c(F)cc2nn(C(c3ccccc3)(c3ccccc3)c3ccccc3)cc2c1Br. The van der Waals surface area contributed by atoms with E-state index in [-0.39, 0.29) is 5.82 Å². The zero-order chi connectivity index (χ0) is 21.4. The van der Waals surface area contributed by atoms with Gasteiger partial charge in [0.2, 0.25) is 0 Å². The Balaban J connectivity index is 1.94. The van der Waals surface area contributed by atoms with E-state index < -0.39 is 5.54 Å². The van der Waals surface area contributed by atoms with Gasteiger partial charge in [0.05, 0.1) is 5.52 Å². The van der Waals surface area contributed by atoms with Gasteiger partial charge in [-0.1, -0.05) is 91.0 Å². The monoisotopic (exact) mass is 470 g/mol. The van der Waals surface area contributed by atoms with Gasteiger partial charge in [0, 0.05) is 22.1 Å². The van der Waals surface area contributed by atoms with Crippen LogP contribution in [0.1, 0.15) is 22.3 Å². The summed E-state index contributed by atoms with van der Waals surface area (Å²) in [5, 5.41) is 5.80. The number of halogens is 2. The Labute approximate surface area is 189 Å². The second-order valence-electron chi connectivity index (χ2n) is 7.61. The maximum atomic E-state index is 14.5. The fourth-order valence-corrected chi connectivity index (χ4v) is 4.80. The molecule has 4 heteroatoms. The Morgan fingerprint density at radius 2 is 1.23 bits per heavy atom. The summed E-state index contributed by atoms with van der Waals surface area (Å²) >= 11 is 3.59. The van der Waals surface area contributed by atoms with Crippen LogP contribution in [0.3, 0.4) is 0 Å². The summed E-state index contributed by atoms with van der Waals surface area (Å²) in [5.74, 6) is -0.269. The van der Waals surface area contributed by atoms with Gasteiger partial charge in [-0.3, -0.25) is 4.68 Å². The highest BCUT2D eigenvalue weighted by Gasteiger charge is 2.39. The van der Waals surface area contributed by atoms with E-state index in [2.05, 4.69) is 52.3 Å². The third-order valence-electron chi connectivity index (χ3n) is 5.85. The predicted octanol–water partition coefficient (Wildman–Crippen LogP) is 7.09. The molecule has 0 radical (unpaired) electrons. The number of aromatic nitrogens is 2. The van der Waals surface area contributed by atoms with Gasteiger partial charge in [-0.2, -0.15) is 5.10 Å². The van der Waals surface area contributed by atoms with Crippen molar-refractivity contribution in [2.45, 2.75) is 12.5 Å². The fraction of sp³-hybridized carbons (Fsp3) is 0.0741. The van der Waals surface area contributed by atoms with E-state index in [0.29, 0.717) is 11.1 Å². The molecular weight excluding hydrogens is 451 g/mol. The molecule has 152 valence electrons. The highest BCUT2D eigenvalue weighted by molar-refractivity contribution is 9.10. The van der Waals surface area contributed by atoms with Crippen LogP contribution in [-0.4, -0.2) is 9.78 Å². The number of benzene rings is 4. The van der Waals surface area contributed by atoms with Gasteiger partial charge in [-0.05, 0) is 45.1 Å². The topological polar surface area (TPSA) is 17.8 Å². The quantitative estimate of drug-likeness (QED) is 0.256. The first-order valence-corrected chi connectivity index (χ1v) is 10.9. The van der Waals surface area contributed by atoms with E-state index in [9.17, 15) is 4.39 Å². The van der Waals surface area contributed by atoms with Crippen molar-refractivity contribution < 1.29 is 4.39 Å². The smallest absolute Gasteiger partial charge is 0.138 e. The lowest BCUT2D eigenvalue weighted by Crippen LogP contribution is -2.38. The molecule has 0 fully saturated rings. The highest BCUT2D eigenvalue weighted by atomic mass is 79.9. The number of hydrogen-bond donors (Lipinski definition) is 0. The molecule has 0 aliphatic rings. The van der Waals surface area contributed by atoms with Crippen LogP contribution in [0.5, 0.6) is 0 Å². The summed E-state index contributed by atoms with van der Waals surface area (Å²) in [7, 11) is 0. The zero-order valence-corrected chi connectivity index (χ0v) is 18.6. The van der Waals surface area contributed by atoms with Gasteiger partial charge in [0.25, 0.3) is 0 Å². The summed E-state index contributed by atoms with van der Waals surface area (Å²) in [6.45, 7) is 1.77. The van der Waals surface area contributed by atoms with E-state index in [1.54, 1.807) is 6.92 Å². The van der Waals surface area contributed by atoms with Gasteiger partial charge in [0.1, 0.15) is 11.4 Å². The Morgan fingerprint density at radius 3 is 1.68 bits per heavy atom. The third-order valence-corrected chi connectivity index (χ3v) is 6.87. The van der Waals surface area contributed by atoms with E-state index in [1.807, 2.05) is 65.5 Å². The van der Waals surface area contributed by atoms with Crippen molar-refractivity contribution in [2.24, 2.45) is 0 Å². The third kappa shape index (κ3) is 3.10. The lowest BCUT2D eigenvalue weighted by Gasteiger charge is -2.36. The predicted molar refractivity (Wildman–Crippen MR) is 127 cm³/mol. The molecule has 2 nitrogen and oxygen atoms in total. The van der Waals surface area contributed by atoms with Crippen molar-refractivity contribution in [3.05, 3.63) is 136 Å². The lowest BCUT2D eigenvalue weighted by atomic mass is 9.77. The van der Waals surface area contributed by atoms with E-state index in [1.165, 1.54) is 6.07 Å². The standard InChI is InChI=1S/C27H20BrFN2/c1-19-24(29)17-25-23(26(19)28)18-31(30-25)27(20-11-5-2-6-12-20,21-13-7-3-8-14-21)22-15-9-4-10-16-22/h2-18H,1H3. The van der Waals surface area contributed by atoms with Crippen LogP contribution in [0, 0.1) is 12.7 Å². The molecule has 0 saturated carbocycles. The van der Waals surface area contributed by atoms with Gasteiger partial charge in [-0.15, -0.1) is 0 Å². The highest BCUT2D eigenvalue weighted by Crippen LogP contribution is 2.42. The average Bonchev–Trinajstić information content (AvgIpc) is 3.24. The summed E-state index contributed by atoms with van der Waals surface area (Å²) < 4.78 is 17.2. The van der Waals surface area contributed by atoms with Crippen molar-refractivity contribution in [2.75, 3.05) is 0 Å². The van der Waals surface area contributed by atoms with Crippen molar-refractivity contribution in [3.63, 3.8) is 0 Å². The molecule has 0 saturated heterocycles. The Kier molecular flexibility index (Phi) is 4.95. The normalized spacial score (nSPS) is 11.7. The maximum absolute atomic E-state index is 14.5. The summed E-state index contributed by atoms with van der Waals surface area (Å²) in [6, 6.07) is 32.5. The number of hydrogen-bond acceptors (Lipinski definition) is 1. The van der Waals surface area contributed by atoms with Crippen molar-refractivity contribution in [3.8, 4) is 0 Å². The molecule has 0 aliphatic carbocycles. The molecule has 0 N–H and O–H groups in total. The number of fused-ring (bicyclic) bond motifs is 1. The molecule has 0 bridgehead atoms. The van der Waals surface area contributed by atoms with Crippen molar-refractivity contribution in [1.29, 1.82) is 0 Å². The van der Waals surface area contributed by atoms with Crippen LogP contribution in [0.25, 0.3) is 10.9 Å². The number of rotatable bonds is 4. The molecule has 1 heterocycles. The van der Waals surface area contributed by atoms with Crippen LogP contribution in [0.15, 0.2) is 108 Å². The van der Waals surface area contributed by atoms with E-state index in [0.717, 1.165) is 26.5 Å². The maximum Gasteiger partial charge on any atom is 0.138 e. The van der Waals surface area contributed by atoms with Crippen LogP contribution in [0.4, 0.5) is 4.39 Å². The summed E-state index contributed by atoms with van der Waals surface area (Å²) in [5.41, 5.74) is 3.71. The zero-order valence-electron chi connectivity index (χ0n) is 17.0. The molecule has 0 aliphatic heterocycles. The molecule has 1 aromatic heterocycles. The average molecular weight is 471 g/mol. The van der Waals surface area contributed by atoms with Crippen molar-refractivity contribution >= 4 is 26.8 Å². The lowest BCUT2D eigenvalue weighted by molar-refractivity contribution is 0.464. The molecule has 0 unspecified atom stereocenters. The first kappa shape index (κ1) is 19.7. The minimum absolute atomic E-state index is 0.269. The second kappa shape index (κ2) is 7.78. The minimum Gasteiger partial charge on any atom is -0.252 e. The van der Waals surface area contributed by atoms with Crippen LogP contribution < -0.4 is 0 Å². The van der Waals surface area contributed by atoms with Crippen LogP contribution >= 0.6 is 15.9 Å². The number of nitrogens with zero attached hydrogens (tertiary/aromatic N) is 2. The van der Waals surface area contributed by atoms with E-state index in [4.69, 9.17) is 5.10 Å². The Hall–Kier alpha value is -3.24. The largest absolute Gasteiger partial charge is 0.252 e. The summed E-state index contributed by atoms with van der Waals surface area (Å²) in [4.78, 5) is 0. The van der Waals surface area contributed by atoms with Crippen LogP contribution in [0.2, 0.25) is 0 Å². The molecule has 5 rings (SSSR count). The summed E-state index contributed by atoms with van der Waals surface area (Å²) in [6.07, 6.45) is 2.01. The van der Waals surface area contributed by atoms with Gasteiger partial charge < -0.3 is 0 Å². The molecule has 0 spiro atoms.